The maximum atomic E-state index is 12.9. The van der Waals surface area contributed by atoms with E-state index in [1.54, 1.807) is 0 Å². The highest BCUT2D eigenvalue weighted by molar-refractivity contribution is 5.74. The molecule has 1 amide bonds. The van der Waals surface area contributed by atoms with Crippen LogP contribution in [0.1, 0.15) is 76.2 Å². The van der Waals surface area contributed by atoms with Gasteiger partial charge in [-0.05, 0) is 6.92 Å². The van der Waals surface area contributed by atoms with Crippen LogP contribution in [-0.2, 0) is 114 Å². The molecule has 3 rings (SSSR count). The standard InChI is InChI=1S/C38H53NO24/c1-14-28(53-18(5)43)32(55-20(7)45)34(57-22(9)47)37(52-14)63-31-27(39-15(2)40)36(59-24(11)49)60-25(12-50-16(3)41)29(31)62-38-35(58-23(10)48)33(56-21(8)46)30(54-19(6)44)26(61-38)13-51-17(4)42/h14,25-38H,12-13H2,1-11H3,(H,39,40). The van der Waals surface area contributed by atoms with Crippen molar-refractivity contribution in [2.24, 2.45) is 0 Å². The lowest BCUT2D eigenvalue weighted by Crippen LogP contribution is -2.70. The van der Waals surface area contributed by atoms with E-state index in [1.807, 2.05) is 0 Å². The van der Waals surface area contributed by atoms with E-state index >= 15 is 0 Å². The summed E-state index contributed by atoms with van der Waals surface area (Å²) < 4.78 is 80.2. The Hall–Kier alpha value is -5.50. The van der Waals surface area contributed by atoms with Crippen LogP contribution in [0.3, 0.4) is 0 Å². The smallest absolute Gasteiger partial charge is 0.305 e. The Bertz CT molecular complexity index is 1720. The Morgan fingerprint density at radius 2 is 0.730 bits per heavy atom. The molecule has 1 N–H and O–H groups in total. The number of nitrogens with one attached hydrogen (secondary N) is 1. The summed E-state index contributed by atoms with van der Waals surface area (Å²) >= 11 is 0. The normalized spacial score (nSPS) is 32.6. The quantitative estimate of drug-likeness (QED) is 0.139. The molecular formula is C38H53NO24. The van der Waals surface area contributed by atoms with E-state index in [4.69, 9.17) is 66.3 Å². The Labute approximate surface area is 360 Å². The Morgan fingerprint density at radius 1 is 0.381 bits per heavy atom. The number of rotatable bonds is 16. The Balaban J connectivity index is 2.35. The molecular weight excluding hydrogens is 854 g/mol. The first-order valence-electron chi connectivity index (χ1n) is 19.4. The third kappa shape index (κ3) is 15.4. The molecule has 0 aliphatic carbocycles. The minimum atomic E-state index is -1.97. The lowest BCUT2D eigenvalue weighted by molar-refractivity contribution is -0.371. The maximum absolute atomic E-state index is 12.9. The molecule has 0 aromatic heterocycles. The Morgan fingerprint density at radius 3 is 1.16 bits per heavy atom. The summed E-state index contributed by atoms with van der Waals surface area (Å²) in [6.45, 7) is 10.3. The highest BCUT2D eigenvalue weighted by Gasteiger charge is 2.59. The summed E-state index contributed by atoms with van der Waals surface area (Å²) in [6, 6.07) is -1.65. The first-order chi connectivity index (χ1) is 29.4. The first kappa shape index (κ1) is 51.8. The molecule has 354 valence electrons. The van der Waals surface area contributed by atoms with Gasteiger partial charge >= 0.3 is 53.7 Å². The SMILES string of the molecule is CC(=O)NC1C(OC(C)=O)OC(COC(C)=O)C(OC2OC(COC(C)=O)C(OC(C)=O)C(OC(C)=O)C2OC(C)=O)C1OC1OC(C)C(OC(C)=O)C(OC(C)=O)C1OC(C)=O. The molecule has 0 aromatic rings. The summed E-state index contributed by atoms with van der Waals surface area (Å²) in [5, 5.41) is 2.54. The summed E-state index contributed by atoms with van der Waals surface area (Å²) in [4.78, 5) is 124. The van der Waals surface area contributed by atoms with E-state index in [1.165, 1.54) is 6.92 Å². The fourth-order valence-electron chi connectivity index (χ4n) is 6.90. The van der Waals surface area contributed by atoms with Crippen LogP contribution < -0.4 is 5.32 Å². The summed E-state index contributed by atoms with van der Waals surface area (Å²) in [6.07, 6.45) is -23.6. The highest BCUT2D eigenvalue weighted by Crippen LogP contribution is 2.37. The number of esters is 9. The molecule has 63 heavy (non-hydrogen) atoms. The monoisotopic (exact) mass is 907 g/mol. The van der Waals surface area contributed by atoms with Gasteiger partial charge in [0.05, 0.1) is 6.10 Å². The molecule has 25 nitrogen and oxygen atoms in total. The number of carbonyl (C=O) groups excluding carboxylic acids is 10. The summed E-state index contributed by atoms with van der Waals surface area (Å²) in [7, 11) is 0. The van der Waals surface area contributed by atoms with Crippen LogP contribution in [0.2, 0.25) is 0 Å². The van der Waals surface area contributed by atoms with Gasteiger partial charge in [-0.25, -0.2) is 0 Å². The van der Waals surface area contributed by atoms with Crippen molar-refractivity contribution in [3.05, 3.63) is 0 Å². The van der Waals surface area contributed by atoms with E-state index in [9.17, 15) is 47.9 Å². The van der Waals surface area contributed by atoms with Gasteiger partial charge in [-0.1, -0.05) is 0 Å². The minimum absolute atomic E-state index is 0.669. The van der Waals surface area contributed by atoms with Crippen LogP contribution in [0.5, 0.6) is 0 Å². The number of carbonyl (C=O) groups is 10. The van der Waals surface area contributed by atoms with E-state index in [0.717, 1.165) is 69.2 Å². The molecule has 3 saturated heterocycles. The predicted molar refractivity (Wildman–Crippen MR) is 197 cm³/mol. The van der Waals surface area contributed by atoms with E-state index < -0.39 is 165 Å². The lowest BCUT2D eigenvalue weighted by Gasteiger charge is -2.51. The fourth-order valence-corrected chi connectivity index (χ4v) is 6.90. The van der Waals surface area contributed by atoms with Crippen molar-refractivity contribution in [3.63, 3.8) is 0 Å². The molecule has 3 heterocycles. The molecule has 25 heteroatoms. The van der Waals surface area contributed by atoms with Crippen molar-refractivity contribution in [1.29, 1.82) is 0 Å². The number of ether oxygens (including phenoxy) is 14. The van der Waals surface area contributed by atoms with Crippen LogP contribution in [0.15, 0.2) is 0 Å². The molecule has 3 aliphatic rings. The zero-order valence-corrected chi connectivity index (χ0v) is 36.4. The molecule has 0 saturated carbocycles. The lowest BCUT2D eigenvalue weighted by atomic mass is 9.94. The Kier molecular flexibility index (Phi) is 19.1. The van der Waals surface area contributed by atoms with Gasteiger partial charge in [0, 0.05) is 69.2 Å². The molecule has 15 atom stereocenters. The van der Waals surface area contributed by atoms with Crippen LogP contribution in [-0.4, -0.2) is 165 Å². The van der Waals surface area contributed by atoms with Gasteiger partial charge in [-0.3, -0.25) is 47.9 Å². The first-order valence-corrected chi connectivity index (χ1v) is 19.4. The molecule has 3 aliphatic heterocycles. The third-order valence-electron chi connectivity index (χ3n) is 8.91. The predicted octanol–water partition coefficient (Wildman–Crippen LogP) is -1.26. The van der Waals surface area contributed by atoms with Crippen LogP contribution in [0.25, 0.3) is 0 Å². The number of hydrogen-bond acceptors (Lipinski definition) is 24. The highest BCUT2D eigenvalue weighted by atomic mass is 16.8. The molecule has 0 bridgehead atoms. The van der Waals surface area contributed by atoms with Gasteiger partial charge in [0.25, 0.3) is 0 Å². The fraction of sp³-hybridized carbons (Fsp3) is 0.737. The maximum Gasteiger partial charge on any atom is 0.305 e. The van der Waals surface area contributed by atoms with Crippen LogP contribution >= 0.6 is 0 Å². The second-order valence-corrected chi connectivity index (χ2v) is 14.4. The van der Waals surface area contributed by atoms with Crippen LogP contribution in [0, 0.1) is 0 Å². The van der Waals surface area contributed by atoms with Gasteiger partial charge in [0.1, 0.15) is 43.7 Å². The van der Waals surface area contributed by atoms with Crippen LogP contribution in [0.4, 0.5) is 0 Å². The molecule has 3 fully saturated rings. The molecule has 15 unspecified atom stereocenters. The van der Waals surface area contributed by atoms with Gasteiger partial charge in [-0.15, -0.1) is 0 Å². The van der Waals surface area contributed by atoms with Crippen molar-refractivity contribution in [1.82, 2.24) is 5.32 Å². The van der Waals surface area contributed by atoms with Crippen molar-refractivity contribution in [3.8, 4) is 0 Å². The van der Waals surface area contributed by atoms with E-state index in [2.05, 4.69) is 5.32 Å². The van der Waals surface area contributed by atoms with Crippen molar-refractivity contribution in [2.75, 3.05) is 13.2 Å². The summed E-state index contributed by atoms with van der Waals surface area (Å²) in [5.41, 5.74) is 0. The average Bonchev–Trinajstić information content (AvgIpc) is 3.12. The third-order valence-corrected chi connectivity index (χ3v) is 8.91. The van der Waals surface area contributed by atoms with E-state index in [0.29, 0.717) is 0 Å². The zero-order chi connectivity index (χ0) is 47.5. The second-order valence-electron chi connectivity index (χ2n) is 14.4. The van der Waals surface area contributed by atoms with Crippen molar-refractivity contribution < 1.29 is 114 Å². The largest absolute Gasteiger partial charge is 0.463 e. The molecule has 0 aromatic carbocycles. The zero-order valence-electron chi connectivity index (χ0n) is 36.4. The van der Waals surface area contributed by atoms with E-state index in [-0.39, 0.29) is 0 Å². The summed E-state index contributed by atoms with van der Waals surface area (Å²) in [5.74, 6) is -9.00. The topological polar surface area (TPSA) is 312 Å². The van der Waals surface area contributed by atoms with Crippen molar-refractivity contribution in [2.45, 2.75) is 168 Å². The minimum Gasteiger partial charge on any atom is -0.463 e. The van der Waals surface area contributed by atoms with Gasteiger partial charge in [-0.2, -0.15) is 0 Å². The van der Waals surface area contributed by atoms with Crippen molar-refractivity contribution >= 4 is 59.6 Å². The van der Waals surface area contributed by atoms with Gasteiger partial charge in [0.2, 0.25) is 12.2 Å². The van der Waals surface area contributed by atoms with Gasteiger partial charge < -0.3 is 71.6 Å². The van der Waals surface area contributed by atoms with Gasteiger partial charge in [0.15, 0.2) is 49.2 Å². The number of amides is 1. The molecule has 0 spiro atoms. The molecule has 0 radical (unpaired) electrons. The second kappa shape index (κ2) is 23.3. The number of hydrogen-bond donors (Lipinski definition) is 1. The average molecular weight is 908 g/mol.